The summed E-state index contributed by atoms with van der Waals surface area (Å²) in [5, 5.41) is 0.929. The molecule has 0 N–H and O–H groups in total. The molecule has 126 valence electrons. The van der Waals surface area contributed by atoms with Crippen LogP contribution in [0.2, 0.25) is 0 Å². The summed E-state index contributed by atoms with van der Waals surface area (Å²) in [4.78, 5) is 16.8. The number of methoxy groups -OCH3 is 1. The van der Waals surface area contributed by atoms with E-state index in [0.29, 0.717) is 5.56 Å². The summed E-state index contributed by atoms with van der Waals surface area (Å²) in [6.45, 7) is 0. The Bertz CT molecular complexity index is 1070. The van der Waals surface area contributed by atoms with E-state index < -0.39 is 0 Å². The quantitative estimate of drug-likeness (QED) is 0.472. The number of fused-ring (bicyclic) bond motifs is 1. The van der Waals surface area contributed by atoms with E-state index in [2.05, 4.69) is 18.2 Å². The van der Waals surface area contributed by atoms with Gasteiger partial charge in [0.25, 0.3) is 0 Å². The molecular weight excluding hydrogens is 322 g/mol. The summed E-state index contributed by atoms with van der Waals surface area (Å²) < 4.78 is 4.86. The van der Waals surface area contributed by atoms with Crippen molar-refractivity contribution in [3.63, 3.8) is 0 Å². The van der Waals surface area contributed by atoms with Gasteiger partial charge in [-0.05, 0) is 35.4 Å². The van der Waals surface area contributed by atoms with Crippen LogP contribution in [-0.4, -0.2) is 18.1 Å². The highest BCUT2D eigenvalue weighted by molar-refractivity contribution is 6.01. The number of carbonyl (C=O) groups excluding carboxylic acids is 1. The highest BCUT2D eigenvalue weighted by Crippen LogP contribution is 2.32. The molecule has 0 fully saturated rings. The fraction of sp³-hybridized carbons (Fsp3) is 0.0435. The van der Waals surface area contributed by atoms with E-state index in [-0.39, 0.29) is 5.97 Å². The predicted octanol–water partition coefficient (Wildman–Crippen LogP) is 5.36. The highest BCUT2D eigenvalue weighted by atomic mass is 16.5. The van der Waals surface area contributed by atoms with Crippen molar-refractivity contribution < 1.29 is 9.53 Å². The molecule has 1 aromatic heterocycles. The standard InChI is InChI=1S/C23H17NO2/c1-26-23(25)18-12-13-21-20(14-18)19(16-8-4-2-5-9-16)15-22(24-21)17-10-6-3-7-11-17/h2-15H,1H3. The lowest BCUT2D eigenvalue weighted by atomic mass is 9.97. The number of hydrogen-bond acceptors (Lipinski definition) is 3. The van der Waals surface area contributed by atoms with Crippen LogP contribution in [0.15, 0.2) is 84.9 Å². The van der Waals surface area contributed by atoms with E-state index in [1.54, 1.807) is 6.07 Å². The fourth-order valence-corrected chi connectivity index (χ4v) is 3.08. The molecule has 0 saturated carbocycles. The molecule has 3 nitrogen and oxygen atoms in total. The van der Waals surface area contributed by atoms with E-state index in [0.717, 1.165) is 33.3 Å². The number of hydrogen-bond donors (Lipinski definition) is 0. The smallest absolute Gasteiger partial charge is 0.337 e. The highest BCUT2D eigenvalue weighted by Gasteiger charge is 2.13. The van der Waals surface area contributed by atoms with Crippen molar-refractivity contribution in [3.05, 3.63) is 90.5 Å². The molecule has 0 radical (unpaired) electrons. The molecule has 0 aliphatic heterocycles. The maximum Gasteiger partial charge on any atom is 0.337 e. The summed E-state index contributed by atoms with van der Waals surface area (Å²) in [5.41, 5.74) is 5.45. The normalized spacial score (nSPS) is 10.7. The number of benzene rings is 3. The van der Waals surface area contributed by atoms with Gasteiger partial charge in [-0.15, -0.1) is 0 Å². The third kappa shape index (κ3) is 2.95. The van der Waals surface area contributed by atoms with Gasteiger partial charge in [-0.25, -0.2) is 9.78 Å². The first kappa shape index (κ1) is 16.0. The number of carbonyl (C=O) groups is 1. The van der Waals surface area contributed by atoms with Crippen LogP contribution in [0.4, 0.5) is 0 Å². The molecule has 0 aliphatic rings. The zero-order valence-corrected chi connectivity index (χ0v) is 14.3. The molecule has 0 atom stereocenters. The Morgan fingerprint density at radius 1 is 0.808 bits per heavy atom. The number of aromatic nitrogens is 1. The molecule has 0 unspecified atom stereocenters. The zero-order valence-electron chi connectivity index (χ0n) is 14.3. The van der Waals surface area contributed by atoms with Crippen molar-refractivity contribution in [1.29, 1.82) is 0 Å². The maximum atomic E-state index is 12.0. The molecule has 3 aromatic carbocycles. The fourth-order valence-electron chi connectivity index (χ4n) is 3.08. The van der Waals surface area contributed by atoms with E-state index in [9.17, 15) is 4.79 Å². The zero-order chi connectivity index (χ0) is 17.9. The first-order chi connectivity index (χ1) is 12.8. The molecule has 0 saturated heterocycles. The van der Waals surface area contributed by atoms with Crippen molar-refractivity contribution in [1.82, 2.24) is 4.98 Å². The molecule has 0 aliphatic carbocycles. The van der Waals surface area contributed by atoms with Crippen LogP contribution in [0.5, 0.6) is 0 Å². The molecule has 1 heterocycles. The van der Waals surface area contributed by atoms with Gasteiger partial charge in [0.2, 0.25) is 0 Å². The van der Waals surface area contributed by atoms with Gasteiger partial charge in [-0.2, -0.15) is 0 Å². The average molecular weight is 339 g/mol. The molecule has 4 aromatic rings. The Balaban J connectivity index is 2.00. The van der Waals surface area contributed by atoms with Crippen molar-refractivity contribution in [3.8, 4) is 22.4 Å². The van der Waals surface area contributed by atoms with Crippen molar-refractivity contribution in [2.75, 3.05) is 7.11 Å². The predicted molar refractivity (Wildman–Crippen MR) is 104 cm³/mol. The summed E-state index contributed by atoms with van der Waals surface area (Å²) in [6.07, 6.45) is 0. The van der Waals surface area contributed by atoms with Crippen LogP contribution in [0.3, 0.4) is 0 Å². The van der Waals surface area contributed by atoms with Crippen LogP contribution in [0, 0.1) is 0 Å². The Labute approximate surface area is 151 Å². The molecule has 26 heavy (non-hydrogen) atoms. The van der Waals surface area contributed by atoms with Crippen LogP contribution in [-0.2, 0) is 4.74 Å². The SMILES string of the molecule is COC(=O)c1ccc2nc(-c3ccccc3)cc(-c3ccccc3)c2c1. The second-order valence-corrected chi connectivity index (χ2v) is 6.01. The van der Waals surface area contributed by atoms with Gasteiger partial charge in [0, 0.05) is 10.9 Å². The van der Waals surface area contributed by atoms with Gasteiger partial charge in [0.1, 0.15) is 0 Å². The van der Waals surface area contributed by atoms with E-state index in [1.807, 2.05) is 60.7 Å². The number of ether oxygens (including phenoxy) is 1. The lowest BCUT2D eigenvalue weighted by Gasteiger charge is -2.11. The van der Waals surface area contributed by atoms with Gasteiger partial charge >= 0.3 is 5.97 Å². The monoisotopic (exact) mass is 339 g/mol. The maximum absolute atomic E-state index is 12.0. The minimum absolute atomic E-state index is 0.349. The van der Waals surface area contributed by atoms with Crippen molar-refractivity contribution in [2.24, 2.45) is 0 Å². The van der Waals surface area contributed by atoms with Gasteiger partial charge in [-0.1, -0.05) is 60.7 Å². The number of pyridine rings is 1. The van der Waals surface area contributed by atoms with Gasteiger partial charge in [0.15, 0.2) is 0 Å². The summed E-state index contributed by atoms with van der Waals surface area (Å²) in [7, 11) is 1.39. The van der Waals surface area contributed by atoms with Crippen LogP contribution in [0.1, 0.15) is 10.4 Å². The van der Waals surface area contributed by atoms with Gasteiger partial charge in [-0.3, -0.25) is 0 Å². The third-order valence-corrected chi connectivity index (χ3v) is 4.38. The van der Waals surface area contributed by atoms with Crippen molar-refractivity contribution in [2.45, 2.75) is 0 Å². The molecule has 3 heteroatoms. The number of nitrogens with zero attached hydrogens (tertiary/aromatic N) is 1. The summed E-state index contributed by atoms with van der Waals surface area (Å²) in [6, 6.07) is 27.8. The molecule has 0 bridgehead atoms. The second-order valence-electron chi connectivity index (χ2n) is 6.01. The van der Waals surface area contributed by atoms with E-state index >= 15 is 0 Å². The Hall–Kier alpha value is -3.46. The topological polar surface area (TPSA) is 39.2 Å². The molecule has 0 spiro atoms. The minimum atomic E-state index is -0.349. The first-order valence-electron chi connectivity index (χ1n) is 8.40. The van der Waals surface area contributed by atoms with Gasteiger partial charge < -0.3 is 4.74 Å². The molecule has 4 rings (SSSR count). The Kier molecular flexibility index (Phi) is 4.20. The largest absolute Gasteiger partial charge is 0.465 e. The van der Waals surface area contributed by atoms with E-state index in [4.69, 9.17) is 9.72 Å². The summed E-state index contributed by atoms with van der Waals surface area (Å²) >= 11 is 0. The number of rotatable bonds is 3. The number of esters is 1. The average Bonchev–Trinajstić information content (AvgIpc) is 2.73. The lowest BCUT2D eigenvalue weighted by Crippen LogP contribution is -2.01. The first-order valence-corrected chi connectivity index (χ1v) is 8.40. The van der Waals surface area contributed by atoms with Gasteiger partial charge in [0.05, 0.1) is 23.9 Å². The van der Waals surface area contributed by atoms with Crippen LogP contribution >= 0.6 is 0 Å². The molecular formula is C23H17NO2. The summed E-state index contributed by atoms with van der Waals surface area (Å²) in [5.74, 6) is -0.349. The third-order valence-electron chi connectivity index (χ3n) is 4.38. The van der Waals surface area contributed by atoms with E-state index in [1.165, 1.54) is 7.11 Å². The Morgan fingerprint density at radius 3 is 2.12 bits per heavy atom. The Morgan fingerprint density at radius 2 is 1.46 bits per heavy atom. The minimum Gasteiger partial charge on any atom is -0.465 e. The van der Waals surface area contributed by atoms with Crippen LogP contribution in [0.25, 0.3) is 33.3 Å². The van der Waals surface area contributed by atoms with Crippen LogP contribution < -0.4 is 0 Å². The van der Waals surface area contributed by atoms with Crippen molar-refractivity contribution >= 4 is 16.9 Å². The second kappa shape index (κ2) is 6.81. The lowest BCUT2D eigenvalue weighted by molar-refractivity contribution is 0.0601. The molecule has 0 amide bonds.